The van der Waals surface area contributed by atoms with Crippen molar-refractivity contribution in [2.24, 2.45) is 11.8 Å². The van der Waals surface area contributed by atoms with Gasteiger partial charge in [0.1, 0.15) is 17.9 Å². The van der Waals surface area contributed by atoms with Gasteiger partial charge in [0, 0.05) is 17.4 Å². The molecule has 34 heavy (non-hydrogen) atoms. The van der Waals surface area contributed by atoms with Gasteiger partial charge in [-0.3, -0.25) is 4.79 Å². The van der Waals surface area contributed by atoms with Crippen LogP contribution in [-0.2, 0) is 12.7 Å². The number of hydrogen-bond donors (Lipinski definition) is 1. The zero-order chi connectivity index (χ0) is 25.2. The van der Waals surface area contributed by atoms with E-state index in [0.717, 1.165) is 4.90 Å². The Morgan fingerprint density at radius 1 is 1.06 bits per heavy atom. The quantitative estimate of drug-likeness (QED) is 0.474. The van der Waals surface area contributed by atoms with Crippen molar-refractivity contribution in [3.63, 3.8) is 0 Å². The van der Waals surface area contributed by atoms with Crippen LogP contribution in [0.1, 0.15) is 39.0 Å². The fourth-order valence-electron chi connectivity index (χ4n) is 4.00. The van der Waals surface area contributed by atoms with Gasteiger partial charge in [-0.25, -0.2) is 0 Å². The molecule has 5 nitrogen and oxygen atoms in total. The number of halogens is 4. The first-order valence-electron chi connectivity index (χ1n) is 11.0. The Bertz CT molecular complexity index is 1210. The van der Waals surface area contributed by atoms with E-state index in [1.54, 1.807) is 6.07 Å². The van der Waals surface area contributed by atoms with E-state index in [2.05, 4.69) is 0 Å². The van der Waals surface area contributed by atoms with Gasteiger partial charge in [0.05, 0.1) is 23.5 Å². The molecule has 0 fully saturated rings. The molecule has 2 aromatic carbocycles. The minimum atomic E-state index is -5.04. The predicted octanol–water partition coefficient (Wildman–Crippen LogP) is 5.03. The highest BCUT2D eigenvalue weighted by molar-refractivity contribution is 6.32. The number of fused-ring (bicyclic) bond motifs is 1. The molecule has 0 atom stereocenters. The summed E-state index contributed by atoms with van der Waals surface area (Å²) in [6, 6.07) is 8.22. The first-order chi connectivity index (χ1) is 15.9. The van der Waals surface area contributed by atoms with Crippen LogP contribution in [0, 0.1) is 11.8 Å². The average Bonchev–Trinajstić information content (AvgIpc) is 2.71. The van der Waals surface area contributed by atoms with Crippen LogP contribution < -0.4 is 20.2 Å². The number of rotatable bonds is 8. The summed E-state index contributed by atoms with van der Waals surface area (Å²) in [5, 5.41) is 12.6. The molecule has 1 aromatic heterocycles. The molecule has 3 rings (SSSR count). The smallest absolute Gasteiger partial charge is 0.453 e. The second-order valence-corrected chi connectivity index (χ2v) is 9.57. The fraction of sp³-hybridized carbons (Fsp3) is 0.400. The first kappa shape index (κ1) is 25.9. The molecule has 0 spiro atoms. The number of alkyl halides is 3. The normalized spacial score (nSPS) is 12.3. The lowest BCUT2D eigenvalue weighted by Crippen LogP contribution is -3.11. The minimum absolute atomic E-state index is 0.0346. The Kier molecular flexibility index (Phi) is 7.83. The van der Waals surface area contributed by atoms with Crippen LogP contribution in [0.2, 0.25) is 5.02 Å². The summed E-state index contributed by atoms with van der Waals surface area (Å²) in [6.07, 6.45) is -5.04. The molecule has 3 aromatic rings. The predicted molar refractivity (Wildman–Crippen MR) is 123 cm³/mol. The van der Waals surface area contributed by atoms with Gasteiger partial charge in [0.25, 0.3) is 5.76 Å². The Hall–Kier alpha value is -2.71. The van der Waals surface area contributed by atoms with Crippen LogP contribution in [-0.4, -0.2) is 13.1 Å². The largest absolute Gasteiger partial charge is 0.872 e. The fourth-order valence-corrected chi connectivity index (χ4v) is 4.17. The van der Waals surface area contributed by atoms with Crippen molar-refractivity contribution in [3.05, 3.63) is 63.0 Å². The molecule has 0 aliphatic rings. The summed E-state index contributed by atoms with van der Waals surface area (Å²) in [5.74, 6) is -2.63. The maximum atomic E-state index is 14.0. The van der Waals surface area contributed by atoms with E-state index in [1.165, 1.54) is 30.3 Å². The Morgan fingerprint density at radius 2 is 1.68 bits per heavy atom. The van der Waals surface area contributed by atoms with Crippen molar-refractivity contribution < 1.29 is 32.3 Å². The number of hydrogen-bond acceptors (Lipinski definition) is 4. The minimum Gasteiger partial charge on any atom is -0.872 e. The topological polar surface area (TPSA) is 66.9 Å². The molecule has 1 heterocycles. The summed E-state index contributed by atoms with van der Waals surface area (Å²) in [5.41, 5.74) is -1.34. The van der Waals surface area contributed by atoms with Crippen LogP contribution >= 0.6 is 11.6 Å². The molecule has 0 bridgehead atoms. The van der Waals surface area contributed by atoms with Crippen molar-refractivity contribution >= 4 is 22.6 Å². The standard InChI is InChI=1S/C25H27ClF3NO4/c1-14(2)11-30(12-15(3)4)13-17-19(31)10-9-16-21(32)23(24(25(27,28)29)34-22(16)17)33-20-8-6-5-7-18(20)26/h5-10,14-15,31H,11-13H2,1-4H3. The number of nitrogens with one attached hydrogen (secondary N) is 1. The van der Waals surface area contributed by atoms with Gasteiger partial charge in [-0.2, -0.15) is 13.2 Å². The first-order valence-corrected chi connectivity index (χ1v) is 11.4. The third kappa shape index (κ3) is 5.85. The van der Waals surface area contributed by atoms with Crippen molar-refractivity contribution in [2.45, 2.75) is 40.4 Å². The monoisotopic (exact) mass is 497 g/mol. The van der Waals surface area contributed by atoms with E-state index in [9.17, 15) is 23.1 Å². The summed E-state index contributed by atoms with van der Waals surface area (Å²) >= 11 is 6.01. The van der Waals surface area contributed by atoms with Gasteiger partial charge in [0.15, 0.2) is 0 Å². The highest BCUT2D eigenvalue weighted by atomic mass is 35.5. The van der Waals surface area contributed by atoms with E-state index in [4.69, 9.17) is 20.8 Å². The second-order valence-electron chi connectivity index (χ2n) is 9.16. The number of benzene rings is 2. The molecule has 0 amide bonds. The van der Waals surface area contributed by atoms with Crippen molar-refractivity contribution in [1.29, 1.82) is 0 Å². The molecule has 0 saturated carbocycles. The molecule has 184 valence electrons. The van der Waals surface area contributed by atoms with Crippen LogP contribution in [0.4, 0.5) is 13.2 Å². The third-order valence-corrected chi connectivity index (χ3v) is 5.52. The number of para-hydroxylation sites is 1. The van der Waals surface area contributed by atoms with Crippen LogP contribution in [0.3, 0.4) is 0 Å². The van der Waals surface area contributed by atoms with Crippen molar-refractivity contribution in [1.82, 2.24) is 0 Å². The van der Waals surface area contributed by atoms with Crippen molar-refractivity contribution in [2.75, 3.05) is 13.1 Å². The van der Waals surface area contributed by atoms with E-state index < -0.39 is 28.9 Å². The summed E-state index contributed by atoms with van der Waals surface area (Å²) < 4.78 is 52.5. The lowest BCUT2D eigenvalue weighted by Gasteiger charge is -2.26. The molecule has 0 radical (unpaired) electrons. The highest BCUT2D eigenvalue weighted by Gasteiger charge is 2.41. The number of quaternary nitrogens is 1. The lowest BCUT2D eigenvalue weighted by molar-refractivity contribution is -0.919. The average molecular weight is 498 g/mol. The maximum Gasteiger partial charge on any atom is 0.453 e. The highest BCUT2D eigenvalue weighted by Crippen LogP contribution is 2.40. The molecular formula is C25H27ClF3NO4. The molecule has 0 aliphatic heterocycles. The Balaban J connectivity index is 2.21. The third-order valence-electron chi connectivity index (χ3n) is 5.21. The lowest BCUT2D eigenvalue weighted by atomic mass is 10.1. The molecule has 9 heteroatoms. The van der Waals surface area contributed by atoms with Crippen molar-refractivity contribution in [3.8, 4) is 17.2 Å². The summed E-state index contributed by atoms with van der Waals surface area (Å²) in [7, 11) is 0. The Morgan fingerprint density at radius 3 is 2.24 bits per heavy atom. The molecule has 0 unspecified atom stereocenters. The zero-order valence-corrected chi connectivity index (χ0v) is 20.1. The molecule has 0 saturated heterocycles. The van der Waals surface area contributed by atoms with E-state index in [-0.39, 0.29) is 33.8 Å². The van der Waals surface area contributed by atoms with Crippen LogP contribution in [0.15, 0.2) is 45.6 Å². The van der Waals surface area contributed by atoms with E-state index in [1.807, 2.05) is 27.7 Å². The SMILES string of the molecule is CC(C)C[NH+](Cc1c([O-])ccc2c(=O)c(Oc3ccccc3Cl)c(C(F)(F)F)oc12)CC(C)C. The molecular weight excluding hydrogens is 471 g/mol. The van der Waals surface area contributed by atoms with Gasteiger partial charge >= 0.3 is 6.18 Å². The van der Waals surface area contributed by atoms with Gasteiger partial charge < -0.3 is 19.2 Å². The molecule has 0 aliphatic carbocycles. The van der Waals surface area contributed by atoms with E-state index in [0.29, 0.717) is 24.9 Å². The maximum absolute atomic E-state index is 14.0. The zero-order valence-electron chi connectivity index (χ0n) is 19.4. The summed E-state index contributed by atoms with van der Waals surface area (Å²) in [4.78, 5) is 14.2. The van der Waals surface area contributed by atoms with Gasteiger partial charge in [0.2, 0.25) is 11.2 Å². The van der Waals surface area contributed by atoms with Gasteiger partial charge in [-0.15, -0.1) is 0 Å². The van der Waals surface area contributed by atoms with Crippen LogP contribution in [0.5, 0.6) is 17.2 Å². The molecule has 1 N–H and O–H groups in total. The summed E-state index contributed by atoms with van der Waals surface area (Å²) in [6.45, 7) is 9.67. The second kappa shape index (κ2) is 10.3. The Labute approximate surface area is 200 Å². The number of ether oxygens (including phenoxy) is 1. The van der Waals surface area contributed by atoms with Gasteiger partial charge in [-0.1, -0.05) is 63.2 Å². The van der Waals surface area contributed by atoms with Crippen LogP contribution in [0.25, 0.3) is 11.0 Å². The van der Waals surface area contributed by atoms with E-state index >= 15 is 0 Å². The van der Waals surface area contributed by atoms with Gasteiger partial charge in [-0.05, 0) is 18.2 Å².